The molecule has 2 rings (SSSR count). The van der Waals surface area contributed by atoms with Gasteiger partial charge in [0.25, 0.3) is 0 Å². The van der Waals surface area contributed by atoms with E-state index >= 15 is 0 Å². The standard InChI is InChI=1S/C12H16ClFN2O3S/c1-12(3-2-4-19-12)7-16-20(17,18)10-6-8(13)5-9(15)11(10)14/h5-6,16H,2-4,7,15H2,1H3. The highest BCUT2D eigenvalue weighted by Crippen LogP contribution is 2.27. The molecule has 0 amide bonds. The average molecular weight is 323 g/mol. The van der Waals surface area contributed by atoms with Crippen molar-refractivity contribution < 1.29 is 17.5 Å². The number of ether oxygens (including phenoxy) is 1. The van der Waals surface area contributed by atoms with Gasteiger partial charge in [-0.3, -0.25) is 0 Å². The second-order valence-corrected chi connectivity index (χ2v) is 7.21. The van der Waals surface area contributed by atoms with Crippen LogP contribution in [0, 0.1) is 5.82 Å². The minimum absolute atomic E-state index is 0.0626. The lowest BCUT2D eigenvalue weighted by molar-refractivity contribution is 0.0250. The van der Waals surface area contributed by atoms with Crippen molar-refractivity contribution in [2.75, 3.05) is 18.9 Å². The lowest BCUT2D eigenvalue weighted by Gasteiger charge is -2.23. The summed E-state index contributed by atoms with van der Waals surface area (Å²) in [5.41, 5.74) is 4.52. The summed E-state index contributed by atoms with van der Waals surface area (Å²) >= 11 is 5.72. The number of sulfonamides is 1. The van der Waals surface area contributed by atoms with Crippen molar-refractivity contribution in [1.29, 1.82) is 0 Å². The van der Waals surface area contributed by atoms with Crippen molar-refractivity contribution in [1.82, 2.24) is 4.72 Å². The fourth-order valence-corrected chi connectivity index (χ4v) is 3.66. The number of nitrogens with one attached hydrogen (secondary N) is 1. The summed E-state index contributed by atoms with van der Waals surface area (Å²) in [5, 5.41) is 0.0626. The molecule has 1 aromatic rings. The van der Waals surface area contributed by atoms with Crippen LogP contribution in [0.5, 0.6) is 0 Å². The van der Waals surface area contributed by atoms with Crippen molar-refractivity contribution in [3.63, 3.8) is 0 Å². The molecule has 3 N–H and O–H groups in total. The Kier molecular flexibility index (Phi) is 4.24. The number of hydrogen-bond donors (Lipinski definition) is 2. The van der Waals surface area contributed by atoms with Gasteiger partial charge in [-0.15, -0.1) is 0 Å². The van der Waals surface area contributed by atoms with Gasteiger partial charge in [0.15, 0.2) is 5.82 Å². The highest BCUT2D eigenvalue weighted by atomic mass is 35.5. The molecule has 1 unspecified atom stereocenters. The molecule has 112 valence electrons. The minimum atomic E-state index is -4.03. The number of halogens is 2. The maximum absolute atomic E-state index is 13.8. The third kappa shape index (κ3) is 3.22. The van der Waals surface area contributed by atoms with Gasteiger partial charge in [0.05, 0.1) is 11.3 Å². The molecule has 1 fully saturated rings. The summed E-state index contributed by atoms with van der Waals surface area (Å²) in [7, 11) is -4.03. The molecule has 1 heterocycles. The predicted octanol–water partition coefficient (Wildman–Crippen LogP) is 1.91. The van der Waals surface area contributed by atoms with Crippen LogP contribution in [0.15, 0.2) is 17.0 Å². The molecule has 0 radical (unpaired) electrons. The Morgan fingerprint density at radius 2 is 2.25 bits per heavy atom. The zero-order chi connectivity index (χ0) is 15.0. The number of nitrogens with two attached hydrogens (primary N) is 1. The first kappa shape index (κ1) is 15.5. The van der Waals surface area contributed by atoms with Crippen molar-refractivity contribution in [2.24, 2.45) is 0 Å². The van der Waals surface area contributed by atoms with Crippen LogP contribution < -0.4 is 10.5 Å². The number of nitrogen functional groups attached to an aromatic ring is 1. The predicted molar refractivity (Wildman–Crippen MR) is 74.6 cm³/mol. The second-order valence-electron chi connectivity index (χ2n) is 5.03. The van der Waals surface area contributed by atoms with E-state index in [1.165, 1.54) is 0 Å². The highest BCUT2D eigenvalue weighted by molar-refractivity contribution is 7.89. The van der Waals surface area contributed by atoms with Gasteiger partial charge in [-0.25, -0.2) is 17.5 Å². The van der Waals surface area contributed by atoms with E-state index in [0.29, 0.717) is 6.61 Å². The van der Waals surface area contributed by atoms with Gasteiger partial charge in [-0.05, 0) is 31.9 Å². The van der Waals surface area contributed by atoms with Crippen molar-refractivity contribution in [3.05, 3.63) is 23.0 Å². The number of rotatable bonds is 4. The van der Waals surface area contributed by atoms with E-state index in [9.17, 15) is 12.8 Å². The summed E-state index contributed by atoms with van der Waals surface area (Å²) in [4.78, 5) is -0.552. The molecule has 1 aliphatic heterocycles. The molecule has 0 aromatic heterocycles. The zero-order valence-electron chi connectivity index (χ0n) is 10.9. The van der Waals surface area contributed by atoms with E-state index in [1.54, 1.807) is 0 Å². The molecule has 20 heavy (non-hydrogen) atoms. The molecule has 0 aliphatic carbocycles. The van der Waals surface area contributed by atoms with Gasteiger partial charge >= 0.3 is 0 Å². The summed E-state index contributed by atoms with van der Waals surface area (Å²) < 4.78 is 45.9. The molecular weight excluding hydrogens is 307 g/mol. The Balaban J connectivity index is 2.22. The van der Waals surface area contributed by atoms with Crippen molar-refractivity contribution in [2.45, 2.75) is 30.3 Å². The van der Waals surface area contributed by atoms with Crippen LogP contribution in [-0.4, -0.2) is 27.2 Å². The number of hydrogen-bond acceptors (Lipinski definition) is 4. The van der Waals surface area contributed by atoms with Crippen LogP contribution in [0.4, 0.5) is 10.1 Å². The summed E-state index contributed by atoms with van der Waals surface area (Å²) in [6.07, 6.45) is 1.62. The molecule has 0 bridgehead atoms. The van der Waals surface area contributed by atoms with Crippen LogP contribution in [0.25, 0.3) is 0 Å². The van der Waals surface area contributed by atoms with E-state index < -0.39 is 26.3 Å². The van der Waals surface area contributed by atoms with E-state index in [4.69, 9.17) is 22.1 Å². The first-order valence-corrected chi connectivity index (χ1v) is 7.98. The Bertz CT molecular complexity index is 615. The third-order valence-corrected chi connectivity index (χ3v) is 4.88. The molecule has 1 aromatic carbocycles. The highest BCUT2D eigenvalue weighted by Gasteiger charge is 2.32. The topological polar surface area (TPSA) is 81.4 Å². The van der Waals surface area contributed by atoms with Gasteiger partial charge in [-0.2, -0.15) is 0 Å². The zero-order valence-corrected chi connectivity index (χ0v) is 12.5. The van der Waals surface area contributed by atoms with Gasteiger partial charge < -0.3 is 10.5 Å². The number of anilines is 1. The molecule has 0 spiro atoms. The fourth-order valence-electron chi connectivity index (χ4n) is 2.08. The number of benzene rings is 1. The Hall–Kier alpha value is -0.890. The Morgan fingerprint density at radius 1 is 1.55 bits per heavy atom. The molecule has 1 aliphatic rings. The summed E-state index contributed by atoms with van der Waals surface area (Å²) in [5.74, 6) is -1.00. The first-order valence-electron chi connectivity index (χ1n) is 6.12. The molecule has 1 saturated heterocycles. The van der Waals surface area contributed by atoms with Crippen molar-refractivity contribution in [3.8, 4) is 0 Å². The Morgan fingerprint density at radius 3 is 2.85 bits per heavy atom. The average Bonchev–Trinajstić information content (AvgIpc) is 2.79. The maximum atomic E-state index is 13.8. The molecule has 0 saturated carbocycles. The van der Waals surface area contributed by atoms with E-state index in [-0.39, 0.29) is 17.3 Å². The smallest absolute Gasteiger partial charge is 0.243 e. The van der Waals surface area contributed by atoms with Gasteiger partial charge in [-0.1, -0.05) is 11.6 Å². The van der Waals surface area contributed by atoms with Gasteiger partial charge in [0, 0.05) is 18.2 Å². The van der Waals surface area contributed by atoms with Gasteiger partial charge in [0.2, 0.25) is 10.0 Å². The van der Waals surface area contributed by atoms with Gasteiger partial charge in [0.1, 0.15) is 4.90 Å². The van der Waals surface area contributed by atoms with Crippen LogP contribution in [-0.2, 0) is 14.8 Å². The lowest BCUT2D eigenvalue weighted by Crippen LogP contribution is -2.40. The summed E-state index contributed by atoms with van der Waals surface area (Å²) in [6.45, 7) is 2.48. The lowest BCUT2D eigenvalue weighted by atomic mass is 10.0. The van der Waals surface area contributed by atoms with E-state index in [1.807, 2.05) is 6.92 Å². The second kappa shape index (κ2) is 5.48. The largest absolute Gasteiger partial charge is 0.396 e. The SMILES string of the molecule is CC1(CNS(=O)(=O)c2cc(Cl)cc(N)c2F)CCCO1. The van der Waals surface area contributed by atoms with Crippen LogP contribution in [0.3, 0.4) is 0 Å². The summed E-state index contributed by atoms with van der Waals surface area (Å²) in [6, 6.07) is 2.20. The van der Waals surface area contributed by atoms with E-state index in [2.05, 4.69) is 4.72 Å². The quantitative estimate of drug-likeness (QED) is 0.830. The maximum Gasteiger partial charge on any atom is 0.243 e. The monoisotopic (exact) mass is 322 g/mol. The fraction of sp³-hybridized carbons (Fsp3) is 0.500. The molecule has 5 nitrogen and oxygen atoms in total. The third-order valence-electron chi connectivity index (χ3n) is 3.26. The van der Waals surface area contributed by atoms with Crippen LogP contribution in [0.1, 0.15) is 19.8 Å². The normalized spacial score (nSPS) is 23.1. The molecule has 8 heteroatoms. The van der Waals surface area contributed by atoms with E-state index in [0.717, 1.165) is 25.0 Å². The van der Waals surface area contributed by atoms with Crippen LogP contribution in [0.2, 0.25) is 5.02 Å². The van der Waals surface area contributed by atoms with Crippen molar-refractivity contribution >= 4 is 27.3 Å². The molecular formula is C12H16ClFN2O3S. The first-order chi connectivity index (χ1) is 9.23. The minimum Gasteiger partial charge on any atom is -0.396 e. The molecule has 1 atom stereocenters. The Labute approximate surface area is 122 Å². The van der Waals surface area contributed by atoms with Crippen LogP contribution >= 0.6 is 11.6 Å².